The molecule has 0 saturated carbocycles. The van der Waals surface area contributed by atoms with Gasteiger partial charge in [0.15, 0.2) is 0 Å². The van der Waals surface area contributed by atoms with Crippen LogP contribution in [0.25, 0.3) is 0 Å². The Kier molecular flexibility index (Phi) is 6.14. The fourth-order valence-corrected chi connectivity index (χ4v) is 2.17. The summed E-state index contributed by atoms with van der Waals surface area (Å²) in [6.45, 7) is 4.10. The zero-order valence-corrected chi connectivity index (χ0v) is 12.1. The quantitative estimate of drug-likeness (QED) is 0.721. The van der Waals surface area contributed by atoms with Crippen molar-refractivity contribution in [1.82, 2.24) is 5.32 Å². The Bertz CT molecular complexity index is 516. The molecule has 21 heavy (non-hydrogen) atoms. The topological polar surface area (TPSA) is 86.6 Å². The van der Waals surface area contributed by atoms with Crippen molar-refractivity contribution in [1.29, 1.82) is 0 Å². The highest BCUT2D eigenvalue weighted by molar-refractivity contribution is 5.96. The van der Waals surface area contributed by atoms with E-state index in [1.54, 1.807) is 0 Å². The van der Waals surface area contributed by atoms with Gasteiger partial charge in [-0.3, -0.25) is 9.59 Å². The Hall–Kier alpha value is -2.11. The summed E-state index contributed by atoms with van der Waals surface area (Å²) in [5, 5.41) is 20.9. The number of nitrogens with one attached hydrogen (secondary N) is 1. The molecule has 0 spiro atoms. The third-order valence-corrected chi connectivity index (χ3v) is 3.02. The van der Waals surface area contributed by atoms with Crippen LogP contribution in [0.3, 0.4) is 0 Å². The van der Waals surface area contributed by atoms with E-state index in [2.05, 4.69) is 5.32 Å². The van der Waals surface area contributed by atoms with E-state index in [0.29, 0.717) is 12.3 Å². The summed E-state index contributed by atoms with van der Waals surface area (Å²) in [7, 11) is 0. The van der Waals surface area contributed by atoms with Crippen molar-refractivity contribution in [3.63, 3.8) is 0 Å². The van der Waals surface area contributed by atoms with Crippen molar-refractivity contribution in [2.24, 2.45) is 11.8 Å². The minimum atomic E-state index is -0.927. The van der Waals surface area contributed by atoms with Gasteiger partial charge in [-0.2, -0.15) is 0 Å². The zero-order valence-electron chi connectivity index (χ0n) is 12.1. The van der Waals surface area contributed by atoms with Crippen LogP contribution in [0, 0.1) is 17.7 Å². The van der Waals surface area contributed by atoms with Gasteiger partial charge in [0.2, 0.25) is 0 Å². The fraction of sp³-hybridized carbons (Fsp3) is 0.467. The molecule has 1 atom stereocenters. The second-order valence-electron chi connectivity index (χ2n) is 5.46. The van der Waals surface area contributed by atoms with Gasteiger partial charge in [-0.05, 0) is 36.5 Å². The zero-order chi connectivity index (χ0) is 16.0. The number of halogens is 1. The predicted molar refractivity (Wildman–Crippen MR) is 75.6 cm³/mol. The minimum absolute atomic E-state index is 0.0480. The van der Waals surface area contributed by atoms with Gasteiger partial charge >= 0.3 is 5.97 Å². The Morgan fingerprint density at radius 2 is 2.00 bits per heavy atom. The van der Waals surface area contributed by atoms with Crippen LogP contribution >= 0.6 is 0 Å². The molecule has 0 radical (unpaired) electrons. The Balaban J connectivity index is 2.68. The lowest BCUT2D eigenvalue weighted by Gasteiger charge is -2.18. The first-order chi connectivity index (χ1) is 9.79. The Morgan fingerprint density at radius 3 is 2.57 bits per heavy atom. The number of carboxylic acids is 1. The first-order valence-electron chi connectivity index (χ1n) is 6.78. The van der Waals surface area contributed by atoms with E-state index in [1.807, 2.05) is 13.8 Å². The minimum Gasteiger partial charge on any atom is -0.507 e. The molecule has 0 bridgehead atoms. The van der Waals surface area contributed by atoms with Crippen LogP contribution in [-0.2, 0) is 4.79 Å². The highest BCUT2D eigenvalue weighted by Crippen LogP contribution is 2.19. The largest absolute Gasteiger partial charge is 0.507 e. The van der Waals surface area contributed by atoms with Crippen LogP contribution in [0.5, 0.6) is 5.75 Å². The van der Waals surface area contributed by atoms with Crippen LogP contribution in [0.2, 0.25) is 0 Å². The van der Waals surface area contributed by atoms with E-state index < -0.39 is 17.7 Å². The molecule has 116 valence electrons. The van der Waals surface area contributed by atoms with Gasteiger partial charge in [0.25, 0.3) is 5.91 Å². The molecule has 1 aromatic rings. The molecular formula is C15H20FNO4. The maximum Gasteiger partial charge on any atom is 0.303 e. The number of aromatic hydroxyl groups is 1. The van der Waals surface area contributed by atoms with Gasteiger partial charge in [-0.15, -0.1) is 0 Å². The van der Waals surface area contributed by atoms with E-state index in [0.717, 1.165) is 18.2 Å². The summed E-state index contributed by atoms with van der Waals surface area (Å²) in [6.07, 6.45) is 0.606. The van der Waals surface area contributed by atoms with Crippen molar-refractivity contribution in [3.8, 4) is 5.75 Å². The number of carbonyl (C=O) groups excluding carboxylic acids is 1. The molecule has 1 aromatic carbocycles. The predicted octanol–water partition coefficient (Wildman–Crippen LogP) is 2.40. The molecule has 0 heterocycles. The van der Waals surface area contributed by atoms with Gasteiger partial charge in [0.05, 0.1) is 5.56 Å². The summed E-state index contributed by atoms with van der Waals surface area (Å²) >= 11 is 0. The van der Waals surface area contributed by atoms with Gasteiger partial charge in [-0.25, -0.2) is 4.39 Å². The molecule has 6 heteroatoms. The number of phenols is 1. The molecule has 3 N–H and O–H groups in total. The summed E-state index contributed by atoms with van der Waals surface area (Å²) < 4.78 is 13.1. The smallest absolute Gasteiger partial charge is 0.303 e. The molecule has 1 amide bonds. The van der Waals surface area contributed by atoms with Gasteiger partial charge in [-0.1, -0.05) is 13.8 Å². The Morgan fingerprint density at radius 1 is 1.33 bits per heavy atom. The van der Waals surface area contributed by atoms with Crippen LogP contribution in [0.1, 0.15) is 37.0 Å². The molecule has 0 saturated heterocycles. The molecule has 0 aromatic heterocycles. The molecule has 0 unspecified atom stereocenters. The fourth-order valence-electron chi connectivity index (χ4n) is 2.17. The normalized spacial score (nSPS) is 12.2. The molecule has 1 rings (SSSR count). The molecule has 5 nitrogen and oxygen atoms in total. The Labute approximate surface area is 122 Å². The lowest BCUT2D eigenvalue weighted by molar-refractivity contribution is -0.138. The second kappa shape index (κ2) is 7.61. The van der Waals surface area contributed by atoms with Crippen LogP contribution in [-0.4, -0.2) is 28.6 Å². The van der Waals surface area contributed by atoms with Crippen LogP contribution < -0.4 is 5.32 Å². The number of benzene rings is 1. The molecule has 0 fully saturated rings. The number of phenolic OH excluding ortho intramolecular Hbond substituents is 1. The lowest BCUT2D eigenvalue weighted by atomic mass is 9.94. The maximum atomic E-state index is 13.1. The first kappa shape index (κ1) is 16.9. The number of aliphatic carboxylic acids is 1. The van der Waals surface area contributed by atoms with E-state index in [4.69, 9.17) is 5.11 Å². The van der Waals surface area contributed by atoms with Gasteiger partial charge in [0, 0.05) is 13.0 Å². The monoisotopic (exact) mass is 297 g/mol. The summed E-state index contributed by atoms with van der Waals surface area (Å²) in [5.41, 5.74) is -0.159. The number of rotatable bonds is 7. The van der Waals surface area contributed by atoms with Crippen LogP contribution in [0.4, 0.5) is 4.39 Å². The third kappa shape index (κ3) is 5.81. The average Bonchev–Trinajstić information content (AvgIpc) is 2.37. The lowest BCUT2D eigenvalue weighted by Crippen LogP contribution is -2.31. The van der Waals surface area contributed by atoms with Crippen molar-refractivity contribution in [3.05, 3.63) is 29.6 Å². The van der Waals surface area contributed by atoms with Crippen molar-refractivity contribution < 1.29 is 24.2 Å². The summed E-state index contributed by atoms with van der Waals surface area (Å²) in [5.74, 6) is -2.39. The number of amides is 1. The molecule has 0 aliphatic heterocycles. The molecule has 0 aliphatic rings. The van der Waals surface area contributed by atoms with Gasteiger partial charge < -0.3 is 15.5 Å². The highest BCUT2D eigenvalue weighted by atomic mass is 19.1. The summed E-state index contributed by atoms with van der Waals surface area (Å²) in [4.78, 5) is 22.7. The van der Waals surface area contributed by atoms with E-state index in [9.17, 15) is 19.1 Å². The van der Waals surface area contributed by atoms with Crippen molar-refractivity contribution in [2.45, 2.75) is 26.7 Å². The van der Waals surface area contributed by atoms with Crippen molar-refractivity contribution in [2.75, 3.05) is 6.54 Å². The number of carboxylic acid groups (broad SMARTS) is 1. The standard InChI is InChI=1S/C15H20FNO4/c1-9(2)5-10(6-14(19)20)8-17-15(21)12-7-11(16)3-4-13(12)18/h3-4,7,9-10,18H,5-6,8H2,1-2H3,(H,17,21)(H,19,20)/t10-/m0/s1. The first-order valence-corrected chi connectivity index (χ1v) is 6.78. The van der Waals surface area contributed by atoms with E-state index in [1.165, 1.54) is 0 Å². The summed E-state index contributed by atoms with van der Waals surface area (Å²) in [6, 6.07) is 3.10. The highest BCUT2D eigenvalue weighted by Gasteiger charge is 2.18. The number of hydrogen-bond donors (Lipinski definition) is 3. The number of carbonyl (C=O) groups is 2. The SMILES string of the molecule is CC(C)C[C@H](CNC(=O)c1cc(F)ccc1O)CC(=O)O. The van der Waals surface area contributed by atoms with E-state index in [-0.39, 0.29) is 30.2 Å². The molecular weight excluding hydrogens is 277 g/mol. The second-order valence-corrected chi connectivity index (χ2v) is 5.46. The van der Waals surface area contributed by atoms with E-state index >= 15 is 0 Å². The average molecular weight is 297 g/mol. The molecule has 0 aliphatic carbocycles. The number of hydrogen-bond acceptors (Lipinski definition) is 3. The van der Waals surface area contributed by atoms with Crippen LogP contribution in [0.15, 0.2) is 18.2 Å². The van der Waals surface area contributed by atoms with Gasteiger partial charge in [0.1, 0.15) is 11.6 Å². The maximum absolute atomic E-state index is 13.1. The third-order valence-electron chi connectivity index (χ3n) is 3.02. The van der Waals surface area contributed by atoms with Crippen molar-refractivity contribution >= 4 is 11.9 Å².